The Morgan fingerprint density at radius 2 is 1.80 bits per heavy atom. The van der Waals surface area contributed by atoms with Crippen LogP contribution in [0, 0.1) is 27.7 Å². The van der Waals surface area contributed by atoms with Gasteiger partial charge in [-0.25, -0.2) is 4.98 Å². The van der Waals surface area contributed by atoms with E-state index in [1.807, 2.05) is 6.20 Å². The molecule has 0 aliphatic heterocycles. The molecule has 1 aliphatic rings. The number of nitrogens with zero attached hydrogens (tertiary/aromatic N) is 1. The van der Waals surface area contributed by atoms with Gasteiger partial charge in [-0.1, -0.05) is 6.07 Å². The van der Waals surface area contributed by atoms with Gasteiger partial charge in [-0.2, -0.15) is 0 Å². The largest absolute Gasteiger partial charge is 0.341 e. The summed E-state index contributed by atoms with van der Waals surface area (Å²) >= 11 is 0. The zero-order valence-electron chi connectivity index (χ0n) is 12.8. The maximum atomic E-state index is 4.52. The first-order valence-electron chi connectivity index (χ1n) is 7.41. The number of aromatic amines is 1. The number of benzene rings is 1. The summed E-state index contributed by atoms with van der Waals surface area (Å²) in [6.07, 6.45) is 4.59. The Labute approximate surface area is 120 Å². The fraction of sp³-hybridized carbons (Fsp3) is 0.471. The van der Waals surface area contributed by atoms with Crippen molar-refractivity contribution in [2.75, 3.05) is 0 Å². The number of imidazole rings is 1. The molecule has 3 nitrogen and oxygen atoms in total. The summed E-state index contributed by atoms with van der Waals surface area (Å²) in [5.41, 5.74) is 7.83. The van der Waals surface area contributed by atoms with E-state index in [0.29, 0.717) is 6.04 Å². The molecule has 106 valence electrons. The van der Waals surface area contributed by atoms with E-state index >= 15 is 0 Å². The third-order valence-corrected chi connectivity index (χ3v) is 4.40. The van der Waals surface area contributed by atoms with Crippen LogP contribution in [0.1, 0.15) is 40.9 Å². The van der Waals surface area contributed by atoms with Gasteiger partial charge < -0.3 is 10.3 Å². The fourth-order valence-electron chi connectivity index (χ4n) is 2.73. The first kappa shape index (κ1) is 13.4. The molecule has 1 saturated carbocycles. The van der Waals surface area contributed by atoms with Crippen LogP contribution in [0.4, 0.5) is 0 Å². The molecule has 0 spiro atoms. The molecule has 1 aliphatic carbocycles. The summed E-state index contributed by atoms with van der Waals surface area (Å²) in [6, 6.07) is 2.98. The maximum absolute atomic E-state index is 4.52. The van der Waals surface area contributed by atoms with E-state index in [0.717, 1.165) is 18.1 Å². The zero-order chi connectivity index (χ0) is 14.3. The van der Waals surface area contributed by atoms with Gasteiger partial charge in [0.2, 0.25) is 0 Å². The van der Waals surface area contributed by atoms with Crippen LogP contribution in [0.5, 0.6) is 0 Å². The number of nitrogens with one attached hydrogen (secondary N) is 2. The van der Waals surface area contributed by atoms with Crippen molar-refractivity contribution < 1.29 is 0 Å². The predicted octanol–water partition coefficient (Wildman–Crippen LogP) is 3.56. The Balaban J connectivity index is 1.92. The van der Waals surface area contributed by atoms with Gasteiger partial charge in [0.25, 0.3) is 0 Å². The first-order valence-corrected chi connectivity index (χ1v) is 7.41. The highest BCUT2D eigenvalue weighted by molar-refractivity contribution is 5.70. The lowest BCUT2D eigenvalue weighted by Crippen LogP contribution is -2.16. The summed E-state index contributed by atoms with van der Waals surface area (Å²) in [5, 5.41) is 3.50. The zero-order valence-corrected chi connectivity index (χ0v) is 12.8. The molecular formula is C17H23N3. The summed E-state index contributed by atoms with van der Waals surface area (Å²) in [4.78, 5) is 7.99. The second kappa shape index (κ2) is 5.06. The summed E-state index contributed by atoms with van der Waals surface area (Å²) in [7, 11) is 0. The van der Waals surface area contributed by atoms with Crippen LogP contribution in [0.2, 0.25) is 0 Å². The second-order valence-electron chi connectivity index (χ2n) is 6.03. The molecule has 1 fully saturated rings. The second-order valence-corrected chi connectivity index (χ2v) is 6.03. The Hall–Kier alpha value is -1.61. The third kappa shape index (κ3) is 2.50. The number of rotatable bonds is 4. The molecule has 0 bridgehead atoms. The molecule has 0 saturated heterocycles. The lowest BCUT2D eigenvalue weighted by atomic mass is 9.93. The van der Waals surface area contributed by atoms with Gasteiger partial charge >= 0.3 is 0 Å². The van der Waals surface area contributed by atoms with Crippen molar-refractivity contribution in [3.8, 4) is 11.3 Å². The predicted molar refractivity (Wildman–Crippen MR) is 82.8 cm³/mol. The minimum absolute atomic E-state index is 0.716. The average molecular weight is 269 g/mol. The highest BCUT2D eigenvalue weighted by Crippen LogP contribution is 2.30. The maximum Gasteiger partial charge on any atom is 0.120 e. The normalized spacial score (nSPS) is 14.8. The van der Waals surface area contributed by atoms with E-state index in [1.165, 1.54) is 40.7 Å². The van der Waals surface area contributed by atoms with Crippen molar-refractivity contribution >= 4 is 0 Å². The quantitative estimate of drug-likeness (QED) is 0.891. The van der Waals surface area contributed by atoms with E-state index in [2.05, 4.69) is 49.0 Å². The molecule has 2 N–H and O–H groups in total. The van der Waals surface area contributed by atoms with Gasteiger partial charge in [-0.15, -0.1) is 0 Å². The van der Waals surface area contributed by atoms with Gasteiger partial charge in [-0.05, 0) is 62.8 Å². The summed E-state index contributed by atoms with van der Waals surface area (Å²) in [6.45, 7) is 9.59. The van der Waals surface area contributed by atoms with E-state index < -0.39 is 0 Å². The van der Waals surface area contributed by atoms with Crippen molar-refractivity contribution in [2.24, 2.45) is 0 Å². The number of H-pyrrole nitrogens is 1. The minimum atomic E-state index is 0.716. The topological polar surface area (TPSA) is 40.7 Å². The van der Waals surface area contributed by atoms with Crippen LogP contribution in [0.15, 0.2) is 12.3 Å². The van der Waals surface area contributed by atoms with Gasteiger partial charge in [0, 0.05) is 11.6 Å². The van der Waals surface area contributed by atoms with Crippen molar-refractivity contribution in [3.05, 3.63) is 40.3 Å². The minimum Gasteiger partial charge on any atom is -0.341 e. The molecule has 3 heteroatoms. The molecule has 3 rings (SSSR count). The van der Waals surface area contributed by atoms with Crippen LogP contribution in [-0.2, 0) is 6.54 Å². The van der Waals surface area contributed by atoms with E-state index in [1.54, 1.807) is 0 Å². The summed E-state index contributed by atoms with van der Waals surface area (Å²) in [5.74, 6) is 1.03. The van der Waals surface area contributed by atoms with Crippen molar-refractivity contribution in [1.29, 1.82) is 0 Å². The van der Waals surface area contributed by atoms with Crippen molar-refractivity contribution in [3.63, 3.8) is 0 Å². The number of hydrogen-bond acceptors (Lipinski definition) is 2. The lowest BCUT2D eigenvalue weighted by Gasteiger charge is -2.13. The van der Waals surface area contributed by atoms with Gasteiger partial charge in [0.1, 0.15) is 5.82 Å². The van der Waals surface area contributed by atoms with Crippen LogP contribution < -0.4 is 5.32 Å². The molecule has 0 atom stereocenters. The van der Waals surface area contributed by atoms with Gasteiger partial charge in [0.15, 0.2) is 0 Å². The molecule has 0 amide bonds. The monoisotopic (exact) mass is 269 g/mol. The third-order valence-electron chi connectivity index (χ3n) is 4.40. The number of aromatic nitrogens is 2. The van der Waals surface area contributed by atoms with Crippen molar-refractivity contribution in [1.82, 2.24) is 15.3 Å². The van der Waals surface area contributed by atoms with E-state index in [-0.39, 0.29) is 0 Å². The number of aryl methyl sites for hydroxylation is 2. The molecule has 1 aromatic carbocycles. The highest BCUT2D eigenvalue weighted by atomic mass is 15.0. The molecule has 1 heterocycles. The standard InChI is InChI=1S/C17H23N3/c1-10-7-11(2)13(4)17(12(10)3)15-8-19-16(20-15)9-18-14-5-6-14/h7-8,14,18H,5-6,9H2,1-4H3,(H,19,20). The first-order chi connectivity index (χ1) is 9.56. The van der Waals surface area contributed by atoms with Crippen LogP contribution >= 0.6 is 0 Å². The molecule has 2 aromatic rings. The van der Waals surface area contributed by atoms with Gasteiger partial charge in [-0.3, -0.25) is 0 Å². The highest BCUT2D eigenvalue weighted by Gasteiger charge is 2.20. The van der Waals surface area contributed by atoms with Crippen LogP contribution in [-0.4, -0.2) is 16.0 Å². The van der Waals surface area contributed by atoms with E-state index in [9.17, 15) is 0 Å². The van der Waals surface area contributed by atoms with E-state index in [4.69, 9.17) is 0 Å². The molecule has 1 aromatic heterocycles. The van der Waals surface area contributed by atoms with Gasteiger partial charge in [0.05, 0.1) is 18.4 Å². The molecule has 0 unspecified atom stereocenters. The SMILES string of the molecule is Cc1cc(C)c(C)c(-c2cnc(CNC3CC3)[nH]2)c1C. The Morgan fingerprint density at radius 1 is 1.15 bits per heavy atom. The number of hydrogen-bond donors (Lipinski definition) is 2. The summed E-state index contributed by atoms with van der Waals surface area (Å²) < 4.78 is 0. The average Bonchev–Trinajstić information content (AvgIpc) is 3.13. The smallest absolute Gasteiger partial charge is 0.120 e. The fourth-order valence-corrected chi connectivity index (χ4v) is 2.73. The molecule has 20 heavy (non-hydrogen) atoms. The molecular weight excluding hydrogens is 246 g/mol. The Bertz CT molecular complexity index is 610. The Morgan fingerprint density at radius 3 is 2.40 bits per heavy atom. The van der Waals surface area contributed by atoms with Crippen LogP contribution in [0.25, 0.3) is 11.3 Å². The van der Waals surface area contributed by atoms with Crippen LogP contribution in [0.3, 0.4) is 0 Å². The van der Waals surface area contributed by atoms with Crippen molar-refractivity contribution in [2.45, 2.75) is 53.1 Å². The lowest BCUT2D eigenvalue weighted by molar-refractivity contribution is 0.664. The Kier molecular flexibility index (Phi) is 3.38. The molecule has 0 radical (unpaired) electrons.